The highest BCUT2D eigenvalue weighted by Gasteiger charge is 2.42. The first kappa shape index (κ1) is 12.3. The van der Waals surface area contributed by atoms with E-state index in [0.29, 0.717) is 6.10 Å². The zero-order chi connectivity index (χ0) is 11.5. The van der Waals surface area contributed by atoms with Gasteiger partial charge in [-0.3, -0.25) is 4.90 Å². The highest BCUT2D eigenvalue weighted by atomic mass is 16.5. The molecule has 2 saturated heterocycles. The van der Waals surface area contributed by atoms with Crippen LogP contribution in [0.5, 0.6) is 0 Å². The van der Waals surface area contributed by atoms with Gasteiger partial charge in [0.15, 0.2) is 0 Å². The first-order chi connectivity index (χ1) is 7.72. The molecule has 0 spiro atoms. The molecule has 2 heterocycles. The minimum Gasteiger partial charge on any atom is -0.377 e. The third kappa shape index (κ3) is 2.58. The highest BCUT2D eigenvalue weighted by molar-refractivity contribution is 4.97. The molecule has 2 aliphatic rings. The fourth-order valence-electron chi connectivity index (χ4n) is 3.33. The van der Waals surface area contributed by atoms with E-state index in [2.05, 4.69) is 31.0 Å². The van der Waals surface area contributed by atoms with Crippen LogP contribution in [-0.2, 0) is 4.74 Å². The number of ether oxygens (including phenoxy) is 1. The molecule has 0 aromatic rings. The Morgan fingerprint density at radius 3 is 2.88 bits per heavy atom. The zero-order valence-corrected chi connectivity index (χ0v) is 10.9. The van der Waals surface area contributed by atoms with Crippen LogP contribution < -0.4 is 5.32 Å². The smallest absolute Gasteiger partial charge is 0.0597 e. The zero-order valence-electron chi connectivity index (χ0n) is 10.9. The number of hydrogen-bond acceptors (Lipinski definition) is 3. The van der Waals surface area contributed by atoms with Crippen LogP contribution in [0, 0.1) is 11.8 Å². The molecule has 94 valence electrons. The number of likely N-dealkylation sites (tertiary alicyclic amines) is 1. The van der Waals surface area contributed by atoms with Crippen molar-refractivity contribution in [3.05, 3.63) is 0 Å². The second kappa shape index (κ2) is 5.48. The molecule has 3 heteroatoms. The van der Waals surface area contributed by atoms with E-state index in [4.69, 9.17) is 4.74 Å². The molecule has 16 heavy (non-hydrogen) atoms. The molecular formula is C13H26N2O. The van der Waals surface area contributed by atoms with Crippen molar-refractivity contribution in [1.29, 1.82) is 0 Å². The second-order valence-corrected chi connectivity index (χ2v) is 5.47. The maximum atomic E-state index is 5.66. The van der Waals surface area contributed by atoms with Gasteiger partial charge in [0.05, 0.1) is 12.7 Å². The molecule has 0 aliphatic carbocycles. The molecule has 0 amide bonds. The van der Waals surface area contributed by atoms with E-state index >= 15 is 0 Å². The minimum atomic E-state index is 0.365. The number of rotatable bonds is 5. The van der Waals surface area contributed by atoms with Gasteiger partial charge >= 0.3 is 0 Å². The van der Waals surface area contributed by atoms with Crippen molar-refractivity contribution in [2.45, 2.75) is 39.3 Å². The van der Waals surface area contributed by atoms with Crippen LogP contribution in [0.2, 0.25) is 0 Å². The van der Waals surface area contributed by atoms with E-state index in [9.17, 15) is 0 Å². The van der Waals surface area contributed by atoms with Crippen LogP contribution in [-0.4, -0.2) is 49.8 Å². The summed E-state index contributed by atoms with van der Waals surface area (Å²) in [6, 6.07) is 0.788. The van der Waals surface area contributed by atoms with Crippen LogP contribution in [0.1, 0.15) is 27.2 Å². The van der Waals surface area contributed by atoms with Gasteiger partial charge in [0, 0.05) is 19.1 Å². The van der Waals surface area contributed by atoms with Gasteiger partial charge in [-0.15, -0.1) is 0 Å². The second-order valence-electron chi connectivity index (χ2n) is 5.47. The summed E-state index contributed by atoms with van der Waals surface area (Å²) in [5, 5.41) is 3.53. The SMILES string of the molecule is CCC1C2CNCC2CN1CCOC(C)C. The fraction of sp³-hybridized carbons (Fsp3) is 1.00. The third-order valence-corrected chi connectivity index (χ3v) is 4.07. The van der Waals surface area contributed by atoms with Crippen molar-refractivity contribution >= 4 is 0 Å². The van der Waals surface area contributed by atoms with Crippen LogP contribution in [0.3, 0.4) is 0 Å². The van der Waals surface area contributed by atoms with Crippen molar-refractivity contribution < 1.29 is 4.74 Å². The van der Waals surface area contributed by atoms with E-state index in [-0.39, 0.29) is 0 Å². The average Bonchev–Trinajstić information content (AvgIpc) is 2.76. The summed E-state index contributed by atoms with van der Waals surface area (Å²) < 4.78 is 5.66. The maximum Gasteiger partial charge on any atom is 0.0597 e. The van der Waals surface area contributed by atoms with E-state index in [0.717, 1.165) is 31.0 Å². The largest absolute Gasteiger partial charge is 0.377 e. The molecule has 3 atom stereocenters. The summed E-state index contributed by atoms with van der Waals surface area (Å²) in [6.07, 6.45) is 1.65. The molecule has 0 bridgehead atoms. The summed E-state index contributed by atoms with van der Waals surface area (Å²) in [5.74, 6) is 1.79. The number of fused-ring (bicyclic) bond motifs is 1. The first-order valence-corrected chi connectivity index (χ1v) is 6.78. The molecule has 3 unspecified atom stereocenters. The van der Waals surface area contributed by atoms with Crippen molar-refractivity contribution in [1.82, 2.24) is 10.2 Å². The Hall–Kier alpha value is -0.120. The summed E-state index contributed by atoms with van der Waals surface area (Å²) in [6.45, 7) is 12.3. The summed E-state index contributed by atoms with van der Waals surface area (Å²) in [5.41, 5.74) is 0. The summed E-state index contributed by atoms with van der Waals surface area (Å²) >= 11 is 0. The predicted molar refractivity (Wildman–Crippen MR) is 66.6 cm³/mol. The number of nitrogens with one attached hydrogen (secondary N) is 1. The average molecular weight is 226 g/mol. The van der Waals surface area contributed by atoms with Gasteiger partial charge in [-0.05, 0) is 45.2 Å². The Labute approximate surface area is 99.5 Å². The van der Waals surface area contributed by atoms with Crippen molar-refractivity contribution in [3.63, 3.8) is 0 Å². The fourth-order valence-corrected chi connectivity index (χ4v) is 3.33. The van der Waals surface area contributed by atoms with Crippen LogP contribution in [0.25, 0.3) is 0 Å². The van der Waals surface area contributed by atoms with Gasteiger partial charge in [0.2, 0.25) is 0 Å². The molecule has 0 aromatic carbocycles. The molecule has 2 rings (SSSR count). The van der Waals surface area contributed by atoms with E-state index in [1.54, 1.807) is 0 Å². The van der Waals surface area contributed by atoms with Gasteiger partial charge in [0.25, 0.3) is 0 Å². The molecule has 3 nitrogen and oxygen atoms in total. The third-order valence-electron chi connectivity index (χ3n) is 4.07. The summed E-state index contributed by atoms with van der Waals surface area (Å²) in [4.78, 5) is 2.65. The Balaban J connectivity index is 1.81. The maximum absolute atomic E-state index is 5.66. The molecule has 0 aromatic heterocycles. The predicted octanol–water partition coefficient (Wildman–Crippen LogP) is 1.34. The number of hydrogen-bond donors (Lipinski definition) is 1. The Kier molecular flexibility index (Phi) is 4.22. The topological polar surface area (TPSA) is 24.5 Å². The lowest BCUT2D eigenvalue weighted by Gasteiger charge is -2.26. The minimum absolute atomic E-state index is 0.365. The lowest BCUT2D eigenvalue weighted by molar-refractivity contribution is 0.0533. The Morgan fingerprint density at radius 1 is 1.38 bits per heavy atom. The lowest BCUT2D eigenvalue weighted by Crippen LogP contribution is -2.37. The van der Waals surface area contributed by atoms with Gasteiger partial charge in [-0.2, -0.15) is 0 Å². The van der Waals surface area contributed by atoms with Crippen LogP contribution >= 0.6 is 0 Å². The van der Waals surface area contributed by atoms with Gasteiger partial charge in [0.1, 0.15) is 0 Å². The summed E-state index contributed by atoms with van der Waals surface area (Å²) in [7, 11) is 0. The molecule has 0 saturated carbocycles. The van der Waals surface area contributed by atoms with Crippen molar-refractivity contribution in [3.8, 4) is 0 Å². The van der Waals surface area contributed by atoms with E-state index < -0.39 is 0 Å². The Morgan fingerprint density at radius 2 is 2.19 bits per heavy atom. The van der Waals surface area contributed by atoms with Crippen molar-refractivity contribution in [2.24, 2.45) is 11.8 Å². The normalized spacial score (nSPS) is 34.9. The van der Waals surface area contributed by atoms with Gasteiger partial charge < -0.3 is 10.1 Å². The van der Waals surface area contributed by atoms with Crippen LogP contribution in [0.15, 0.2) is 0 Å². The molecule has 0 radical (unpaired) electrons. The molecule has 1 N–H and O–H groups in total. The van der Waals surface area contributed by atoms with Gasteiger partial charge in [-0.25, -0.2) is 0 Å². The lowest BCUT2D eigenvalue weighted by atomic mass is 9.93. The van der Waals surface area contributed by atoms with Gasteiger partial charge in [-0.1, -0.05) is 6.92 Å². The van der Waals surface area contributed by atoms with Crippen molar-refractivity contribution in [2.75, 3.05) is 32.8 Å². The molecule has 2 aliphatic heterocycles. The molecule has 2 fully saturated rings. The molecular weight excluding hydrogens is 200 g/mol. The van der Waals surface area contributed by atoms with E-state index in [1.165, 1.54) is 26.1 Å². The quantitative estimate of drug-likeness (QED) is 0.765. The first-order valence-electron chi connectivity index (χ1n) is 6.78. The standard InChI is InChI=1S/C13H26N2O/c1-4-13-12-8-14-7-11(12)9-15(13)5-6-16-10(2)3/h10-14H,4-9H2,1-3H3. The van der Waals surface area contributed by atoms with E-state index in [1.807, 2.05) is 0 Å². The monoisotopic (exact) mass is 226 g/mol. The number of nitrogens with zero attached hydrogens (tertiary/aromatic N) is 1. The Bertz CT molecular complexity index is 220. The highest BCUT2D eigenvalue weighted by Crippen LogP contribution is 2.33. The van der Waals surface area contributed by atoms with Crippen LogP contribution in [0.4, 0.5) is 0 Å².